The van der Waals surface area contributed by atoms with E-state index in [2.05, 4.69) is 38.2 Å². The maximum absolute atomic E-state index is 12.8. The number of likely N-dealkylation sites (N-methyl/N-ethyl adjacent to an activating group) is 1. The van der Waals surface area contributed by atoms with Crippen LogP contribution in [0.2, 0.25) is 0 Å². The van der Waals surface area contributed by atoms with Crippen molar-refractivity contribution in [1.29, 1.82) is 0 Å². The van der Waals surface area contributed by atoms with Crippen LogP contribution in [0.25, 0.3) is 0 Å². The zero-order valence-electron chi connectivity index (χ0n) is 51.2. The molecule has 0 N–H and O–H groups in total. The molecule has 0 aliphatic carbocycles. The molecule has 0 saturated carbocycles. The molecule has 0 amide bonds. The number of carbonyl (C=O) groups excluding carboxylic acids is 2. The molecule has 0 spiro atoms. The first-order valence-corrected chi connectivity index (χ1v) is 34.5. The van der Waals surface area contributed by atoms with E-state index < -0.39 is 26.5 Å². The van der Waals surface area contributed by atoms with E-state index in [0.717, 1.165) is 32.1 Å². The minimum absolute atomic E-state index is 0.0278. The Hall–Kier alpha value is -1.51. The summed E-state index contributed by atoms with van der Waals surface area (Å²) in [5, 5.41) is 0. The maximum Gasteiger partial charge on any atom is 0.306 e. The Morgan fingerprint density at radius 3 is 0.974 bits per heavy atom. The van der Waals surface area contributed by atoms with Crippen molar-refractivity contribution in [2.24, 2.45) is 0 Å². The summed E-state index contributed by atoms with van der Waals surface area (Å²) in [6, 6.07) is 0. The van der Waals surface area contributed by atoms with Crippen molar-refractivity contribution in [2.75, 3.05) is 47.5 Å². The van der Waals surface area contributed by atoms with Crippen molar-refractivity contribution < 1.29 is 42.1 Å². The predicted molar refractivity (Wildman–Crippen MR) is 324 cm³/mol. The van der Waals surface area contributed by atoms with Gasteiger partial charge in [-0.2, -0.15) is 0 Å². The highest BCUT2D eigenvalue weighted by Gasteiger charge is 2.22. The second kappa shape index (κ2) is 58.2. The minimum atomic E-state index is -4.64. The summed E-state index contributed by atoms with van der Waals surface area (Å²) in [6.45, 7) is 4.30. The minimum Gasteiger partial charge on any atom is -0.756 e. The number of quaternary nitrogens is 1. The molecule has 0 fully saturated rings. The SMILES string of the molecule is CCCCCCCCCC/C=C\CCCCCCCCCCCCCCCCCC(=O)OC(COC(=O)CCCCCCCCCCCCCCC/C=C\CCCCCCCCCC)COP(=O)([O-])OCC[N+](C)(C)C. The van der Waals surface area contributed by atoms with Gasteiger partial charge in [0.2, 0.25) is 0 Å². The van der Waals surface area contributed by atoms with Crippen LogP contribution in [-0.2, 0) is 32.7 Å². The third-order valence-corrected chi connectivity index (χ3v) is 15.9. The van der Waals surface area contributed by atoms with E-state index in [9.17, 15) is 19.0 Å². The van der Waals surface area contributed by atoms with E-state index in [0.29, 0.717) is 17.4 Å². The zero-order valence-corrected chi connectivity index (χ0v) is 52.1. The van der Waals surface area contributed by atoms with Crippen LogP contribution >= 0.6 is 7.82 Å². The van der Waals surface area contributed by atoms with Gasteiger partial charge in [-0.25, -0.2) is 0 Å². The molecular weight excluding hydrogens is 966 g/mol. The number of unbranched alkanes of at least 4 members (excludes halogenated alkanes) is 44. The predicted octanol–water partition coefficient (Wildman–Crippen LogP) is 20.3. The second-order valence-corrected chi connectivity index (χ2v) is 25.2. The van der Waals surface area contributed by atoms with Gasteiger partial charge in [-0.15, -0.1) is 0 Å². The monoisotopic (exact) mass is 1090 g/mol. The standard InChI is InChI=1S/C66H128NO8P/c1-6-8-10-12-14-16-18-20-22-24-26-28-30-32-33-35-37-39-41-43-45-47-49-51-53-55-57-59-66(69)75-64(63-74-76(70,71)73-61-60-67(3,4)5)62-72-65(68)58-56-54-52-50-48-46-44-42-40-38-36-34-31-29-27-25-23-21-19-17-15-13-11-9-7-2/h24-27,64H,6-23,28-63H2,1-5H3/b26-24-,27-25-. The number of phosphoric acid groups is 1. The number of ether oxygens (including phenoxy) is 2. The first-order chi connectivity index (χ1) is 37.0. The molecule has 10 heteroatoms. The Morgan fingerprint density at radius 2 is 0.671 bits per heavy atom. The molecule has 76 heavy (non-hydrogen) atoms. The summed E-state index contributed by atoms with van der Waals surface area (Å²) in [6.07, 6.45) is 71.0. The number of carbonyl (C=O) groups is 2. The van der Waals surface area contributed by atoms with Crippen molar-refractivity contribution in [3.8, 4) is 0 Å². The van der Waals surface area contributed by atoms with Crippen LogP contribution in [-0.4, -0.2) is 70.0 Å². The average Bonchev–Trinajstić information content (AvgIpc) is 3.38. The summed E-state index contributed by atoms with van der Waals surface area (Å²) in [5.74, 6) is -0.814. The van der Waals surface area contributed by atoms with Crippen molar-refractivity contribution in [1.82, 2.24) is 0 Å². The molecule has 0 bridgehead atoms. The lowest BCUT2D eigenvalue weighted by Crippen LogP contribution is -2.37. The maximum atomic E-state index is 12.8. The fourth-order valence-electron chi connectivity index (χ4n) is 9.83. The van der Waals surface area contributed by atoms with Gasteiger partial charge in [0.25, 0.3) is 7.82 Å². The number of rotatable bonds is 62. The molecule has 2 atom stereocenters. The summed E-state index contributed by atoms with van der Waals surface area (Å²) < 4.78 is 34.3. The first kappa shape index (κ1) is 74.5. The number of nitrogens with zero attached hydrogens (tertiary/aromatic N) is 1. The van der Waals surface area contributed by atoms with Gasteiger partial charge in [0.15, 0.2) is 6.10 Å². The Bertz CT molecular complexity index is 1330. The Kier molecular flexibility index (Phi) is 57.0. The molecule has 9 nitrogen and oxygen atoms in total. The van der Waals surface area contributed by atoms with Crippen LogP contribution in [0, 0.1) is 0 Å². The van der Waals surface area contributed by atoms with E-state index in [1.807, 2.05) is 21.1 Å². The number of hydrogen-bond donors (Lipinski definition) is 0. The van der Waals surface area contributed by atoms with Crippen LogP contribution < -0.4 is 4.89 Å². The molecule has 2 unspecified atom stereocenters. The lowest BCUT2D eigenvalue weighted by molar-refractivity contribution is -0.870. The summed E-state index contributed by atoms with van der Waals surface area (Å²) in [4.78, 5) is 38.0. The molecule has 0 aromatic carbocycles. The van der Waals surface area contributed by atoms with E-state index >= 15 is 0 Å². The molecule has 0 aliphatic rings. The van der Waals surface area contributed by atoms with Crippen molar-refractivity contribution in [3.63, 3.8) is 0 Å². The van der Waals surface area contributed by atoms with Crippen LogP contribution in [0.4, 0.5) is 0 Å². The molecule has 0 aliphatic heterocycles. The van der Waals surface area contributed by atoms with Gasteiger partial charge in [-0.05, 0) is 64.2 Å². The highest BCUT2D eigenvalue weighted by atomic mass is 31.2. The van der Waals surface area contributed by atoms with Crippen LogP contribution in [0.1, 0.15) is 335 Å². The Morgan fingerprint density at radius 1 is 0.395 bits per heavy atom. The van der Waals surface area contributed by atoms with Gasteiger partial charge in [0.1, 0.15) is 19.8 Å². The Labute approximate surface area is 472 Å². The molecule has 0 heterocycles. The van der Waals surface area contributed by atoms with Crippen molar-refractivity contribution in [3.05, 3.63) is 24.3 Å². The summed E-state index contributed by atoms with van der Waals surface area (Å²) >= 11 is 0. The normalized spacial score (nSPS) is 13.3. The number of hydrogen-bond acceptors (Lipinski definition) is 8. The van der Waals surface area contributed by atoms with Crippen LogP contribution in [0.15, 0.2) is 24.3 Å². The topological polar surface area (TPSA) is 111 Å². The summed E-state index contributed by atoms with van der Waals surface area (Å²) in [5.41, 5.74) is 0. The largest absolute Gasteiger partial charge is 0.756 e. The quantitative estimate of drug-likeness (QED) is 0.0195. The molecule has 0 saturated heterocycles. The third kappa shape index (κ3) is 61.7. The van der Waals surface area contributed by atoms with E-state index in [1.165, 1.54) is 270 Å². The fourth-order valence-corrected chi connectivity index (χ4v) is 10.6. The molecule has 0 rings (SSSR count). The Balaban J connectivity index is 4.05. The molecular formula is C66H128NO8P. The molecule has 0 aromatic heterocycles. The lowest BCUT2D eigenvalue weighted by Gasteiger charge is -2.28. The average molecular weight is 1090 g/mol. The van der Waals surface area contributed by atoms with E-state index in [1.54, 1.807) is 0 Å². The van der Waals surface area contributed by atoms with Gasteiger partial charge in [-0.3, -0.25) is 14.2 Å². The van der Waals surface area contributed by atoms with E-state index in [-0.39, 0.29) is 32.0 Å². The molecule has 0 radical (unpaired) electrons. The first-order valence-electron chi connectivity index (χ1n) is 33.0. The number of allylic oxidation sites excluding steroid dienone is 4. The van der Waals surface area contributed by atoms with Gasteiger partial charge in [-0.1, -0.05) is 282 Å². The van der Waals surface area contributed by atoms with Gasteiger partial charge in [0, 0.05) is 12.8 Å². The van der Waals surface area contributed by atoms with Gasteiger partial charge >= 0.3 is 11.9 Å². The van der Waals surface area contributed by atoms with Crippen molar-refractivity contribution >= 4 is 19.8 Å². The second-order valence-electron chi connectivity index (χ2n) is 23.8. The van der Waals surface area contributed by atoms with Crippen LogP contribution in [0.5, 0.6) is 0 Å². The number of phosphoric ester groups is 1. The molecule has 0 aromatic rings. The lowest BCUT2D eigenvalue weighted by atomic mass is 10.0. The zero-order chi connectivity index (χ0) is 55.6. The highest BCUT2D eigenvalue weighted by molar-refractivity contribution is 7.45. The van der Waals surface area contributed by atoms with Gasteiger partial charge < -0.3 is 27.9 Å². The number of esters is 2. The third-order valence-electron chi connectivity index (χ3n) is 14.9. The highest BCUT2D eigenvalue weighted by Crippen LogP contribution is 2.38. The van der Waals surface area contributed by atoms with Crippen molar-refractivity contribution in [2.45, 2.75) is 341 Å². The smallest absolute Gasteiger partial charge is 0.306 e. The van der Waals surface area contributed by atoms with E-state index in [4.69, 9.17) is 18.5 Å². The van der Waals surface area contributed by atoms with Crippen LogP contribution in [0.3, 0.4) is 0 Å². The fraction of sp³-hybridized carbons (Fsp3) is 0.909. The van der Waals surface area contributed by atoms with Gasteiger partial charge in [0.05, 0.1) is 27.7 Å². The molecule has 450 valence electrons. The summed E-state index contributed by atoms with van der Waals surface area (Å²) in [7, 11) is 1.18.